The van der Waals surface area contributed by atoms with Crippen LogP contribution in [0.1, 0.15) is 50.0 Å². The molecule has 3 rings (SSSR count). The molecule has 1 aromatic heterocycles. The summed E-state index contributed by atoms with van der Waals surface area (Å²) in [7, 11) is -1.88. The van der Waals surface area contributed by atoms with Gasteiger partial charge >= 0.3 is 0 Å². The predicted octanol–water partition coefficient (Wildman–Crippen LogP) is 1.30. The van der Waals surface area contributed by atoms with Crippen molar-refractivity contribution >= 4 is 15.9 Å². The van der Waals surface area contributed by atoms with Gasteiger partial charge in [0.05, 0.1) is 5.54 Å². The summed E-state index contributed by atoms with van der Waals surface area (Å²) >= 11 is 0. The molecule has 3 N–H and O–H groups in total. The Morgan fingerprint density at radius 3 is 2.65 bits per heavy atom. The van der Waals surface area contributed by atoms with Gasteiger partial charge in [-0.3, -0.25) is 4.79 Å². The number of carbonyl (C=O) groups excluding carboxylic acids is 1. The maximum Gasteiger partial charge on any atom is 0.268 e. The van der Waals surface area contributed by atoms with Gasteiger partial charge in [0.25, 0.3) is 5.91 Å². The van der Waals surface area contributed by atoms with Crippen molar-refractivity contribution in [2.24, 2.45) is 24.6 Å². The van der Waals surface area contributed by atoms with Gasteiger partial charge in [0, 0.05) is 32.9 Å². The minimum atomic E-state index is -3.58. The van der Waals surface area contributed by atoms with E-state index in [2.05, 4.69) is 12.2 Å². The lowest BCUT2D eigenvalue weighted by atomic mass is 9.96. The second-order valence-corrected chi connectivity index (χ2v) is 10.1. The van der Waals surface area contributed by atoms with Crippen molar-refractivity contribution in [3.8, 4) is 0 Å². The summed E-state index contributed by atoms with van der Waals surface area (Å²) in [6.45, 7) is 5.46. The molecule has 2 heterocycles. The molecule has 2 atom stereocenters. The monoisotopic (exact) mass is 382 g/mol. The Balaban J connectivity index is 1.81. The van der Waals surface area contributed by atoms with E-state index in [0.717, 1.165) is 25.7 Å². The van der Waals surface area contributed by atoms with Gasteiger partial charge in [0.2, 0.25) is 10.0 Å². The van der Waals surface area contributed by atoms with Crippen LogP contribution in [0.2, 0.25) is 0 Å². The number of rotatable bonds is 6. The molecule has 2 aliphatic rings. The van der Waals surface area contributed by atoms with Crippen molar-refractivity contribution in [2.75, 3.05) is 19.6 Å². The Morgan fingerprint density at radius 2 is 2.08 bits per heavy atom. The minimum Gasteiger partial charge on any atom is -0.345 e. The average Bonchev–Trinajstić information content (AvgIpc) is 3.37. The highest BCUT2D eigenvalue weighted by molar-refractivity contribution is 7.89. The van der Waals surface area contributed by atoms with E-state index < -0.39 is 15.6 Å². The smallest absolute Gasteiger partial charge is 0.268 e. The van der Waals surface area contributed by atoms with Gasteiger partial charge < -0.3 is 15.6 Å². The normalized spacial score (nSPS) is 24.2. The van der Waals surface area contributed by atoms with E-state index in [4.69, 9.17) is 5.73 Å². The molecule has 7 nitrogen and oxygen atoms in total. The number of sulfonamides is 1. The molecule has 1 aliphatic carbocycles. The Hall–Kier alpha value is -1.38. The highest BCUT2D eigenvalue weighted by Gasteiger charge is 2.42. The fourth-order valence-electron chi connectivity index (χ4n) is 3.78. The SMILES string of the molecule is CC1CCCN(S(=O)(=O)c2cc(C(=O)NC(C)(CN)C3CC3)n(C)c2)C1. The number of nitrogens with zero attached hydrogens (tertiary/aromatic N) is 2. The maximum atomic E-state index is 12.9. The Bertz CT molecular complexity index is 784. The number of aryl methyl sites for hydroxylation is 1. The van der Waals surface area contributed by atoms with Gasteiger partial charge in [0.1, 0.15) is 10.6 Å². The average molecular weight is 383 g/mol. The zero-order valence-electron chi connectivity index (χ0n) is 15.9. The number of hydrogen-bond acceptors (Lipinski definition) is 4. The van der Waals surface area contributed by atoms with Crippen LogP contribution in [0.5, 0.6) is 0 Å². The van der Waals surface area contributed by atoms with Crippen LogP contribution in [0.15, 0.2) is 17.2 Å². The van der Waals surface area contributed by atoms with E-state index in [0.29, 0.717) is 37.2 Å². The van der Waals surface area contributed by atoms with Crippen molar-refractivity contribution in [1.82, 2.24) is 14.2 Å². The third-order valence-electron chi connectivity index (χ3n) is 5.77. The summed E-state index contributed by atoms with van der Waals surface area (Å²) in [6, 6.07) is 1.48. The van der Waals surface area contributed by atoms with Gasteiger partial charge in [-0.1, -0.05) is 6.92 Å². The largest absolute Gasteiger partial charge is 0.345 e. The zero-order valence-corrected chi connectivity index (χ0v) is 16.7. The van der Waals surface area contributed by atoms with E-state index in [1.54, 1.807) is 11.6 Å². The maximum absolute atomic E-state index is 12.9. The Morgan fingerprint density at radius 1 is 1.38 bits per heavy atom. The first kappa shape index (κ1) is 19.4. The fraction of sp³-hybridized carbons (Fsp3) is 0.722. The third kappa shape index (κ3) is 3.68. The molecule has 1 aromatic rings. The fourth-order valence-corrected chi connectivity index (χ4v) is 5.45. The molecular weight excluding hydrogens is 352 g/mol. The van der Waals surface area contributed by atoms with Gasteiger partial charge in [0.15, 0.2) is 0 Å². The lowest BCUT2D eigenvalue weighted by Gasteiger charge is -2.29. The van der Waals surface area contributed by atoms with Gasteiger partial charge in [-0.2, -0.15) is 4.31 Å². The van der Waals surface area contributed by atoms with Crippen LogP contribution in [-0.4, -0.2) is 48.4 Å². The number of piperidine rings is 1. The first-order valence-electron chi connectivity index (χ1n) is 9.36. The number of carbonyl (C=O) groups is 1. The van der Waals surface area contributed by atoms with E-state index >= 15 is 0 Å². The molecule has 1 amide bonds. The summed E-state index contributed by atoms with van der Waals surface area (Å²) in [4.78, 5) is 12.9. The second-order valence-electron chi connectivity index (χ2n) is 8.13. The molecule has 8 heteroatoms. The summed E-state index contributed by atoms with van der Waals surface area (Å²) < 4.78 is 29.0. The van der Waals surface area contributed by atoms with Crippen molar-refractivity contribution in [3.63, 3.8) is 0 Å². The van der Waals surface area contributed by atoms with Crippen molar-refractivity contribution < 1.29 is 13.2 Å². The van der Waals surface area contributed by atoms with Crippen LogP contribution >= 0.6 is 0 Å². The highest BCUT2D eigenvalue weighted by Crippen LogP contribution is 2.39. The van der Waals surface area contributed by atoms with Crippen molar-refractivity contribution in [3.05, 3.63) is 18.0 Å². The second kappa shape index (κ2) is 6.98. The Kier molecular flexibility index (Phi) is 5.20. The van der Waals surface area contributed by atoms with E-state index in [1.807, 2.05) is 6.92 Å². The van der Waals surface area contributed by atoms with Crippen molar-refractivity contribution in [1.29, 1.82) is 0 Å². The Labute approximate surface area is 156 Å². The molecule has 26 heavy (non-hydrogen) atoms. The van der Waals surface area contributed by atoms with Gasteiger partial charge in [-0.15, -0.1) is 0 Å². The van der Waals surface area contributed by atoms with E-state index in [-0.39, 0.29) is 10.8 Å². The van der Waals surface area contributed by atoms with E-state index in [1.165, 1.54) is 16.6 Å². The minimum absolute atomic E-state index is 0.181. The molecule has 0 bridgehead atoms. The van der Waals surface area contributed by atoms with Gasteiger partial charge in [-0.05, 0) is 50.5 Å². The van der Waals surface area contributed by atoms with Crippen LogP contribution in [-0.2, 0) is 17.1 Å². The van der Waals surface area contributed by atoms with Crippen LogP contribution in [0, 0.1) is 11.8 Å². The summed E-state index contributed by atoms with van der Waals surface area (Å²) in [5.74, 6) is 0.476. The molecule has 0 radical (unpaired) electrons. The highest BCUT2D eigenvalue weighted by atomic mass is 32.2. The summed E-state index contributed by atoms with van der Waals surface area (Å²) in [6.07, 6.45) is 5.58. The van der Waals surface area contributed by atoms with Crippen LogP contribution in [0.25, 0.3) is 0 Å². The lowest BCUT2D eigenvalue weighted by molar-refractivity contribution is 0.0889. The molecule has 1 aliphatic heterocycles. The first-order chi connectivity index (χ1) is 12.2. The molecule has 146 valence electrons. The molecule has 2 unspecified atom stereocenters. The van der Waals surface area contributed by atoms with Crippen LogP contribution < -0.4 is 11.1 Å². The predicted molar refractivity (Wildman–Crippen MR) is 100 cm³/mol. The quantitative estimate of drug-likeness (QED) is 0.775. The van der Waals surface area contributed by atoms with E-state index in [9.17, 15) is 13.2 Å². The number of aromatic nitrogens is 1. The first-order valence-corrected chi connectivity index (χ1v) is 10.8. The van der Waals surface area contributed by atoms with Gasteiger partial charge in [-0.25, -0.2) is 8.42 Å². The molecular formula is C18H30N4O3S. The lowest BCUT2D eigenvalue weighted by Crippen LogP contribution is -2.53. The number of hydrogen-bond donors (Lipinski definition) is 2. The molecule has 1 saturated heterocycles. The topological polar surface area (TPSA) is 97.4 Å². The zero-order chi connectivity index (χ0) is 19.1. The summed E-state index contributed by atoms with van der Waals surface area (Å²) in [5, 5.41) is 3.02. The number of nitrogens with two attached hydrogens (primary N) is 1. The van der Waals surface area contributed by atoms with Crippen molar-refractivity contribution in [2.45, 2.75) is 50.0 Å². The number of nitrogens with one attached hydrogen (secondary N) is 1. The third-order valence-corrected chi connectivity index (χ3v) is 7.60. The molecule has 0 aromatic carbocycles. The number of amides is 1. The standard InChI is InChI=1S/C18H30N4O3S/c1-13-5-4-8-22(10-13)26(24,25)15-9-16(21(3)11-15)17(23)20-18(2,12-19)14-6-7-14/h9,11,13-14H,4-8,10,12,19H2,1-3H3,(H,20,23). The van der Waals surface area contributed by atoms with Crippen LogP contribution in [0.4, 0.5) is 0 Å². The van der Waals surface area contributed by atoms with Crippen LogP contribution in [0.3, 0.4) is 0 Å². The molecule has 1 saturated carbocycles. The summed E-state index contributed by atoms with van der Waals surface area (Å²) in [5.41, 5.74) is 5.77. The molecule has 0 spiro atoms. The molecule has 2 fully saturated rings.